The summed E-state index contributed by atoms with van der Waals surface area (Å²) in [5.74, 6) is -0.495. The molecule has 1 heterocycles. The predicted molar refractivity (Wildman–Crippen MR) is 166 cm³/mol. The van der Waals surface area contributed by atoms with Crippen LogP contribution in [0.1, 0.15) is 74.5 Å². The molecule has 0 radical (unpaired) electrons. The molecule has 7 nitrogen and oxygen atoms in total. The maximum atomic E-state index is 13.4. The van der Waals surface area contributed by atoms with Crippen LogP contribution >= 0.6 is 11.3 Å². The van der Waals surface area contributed by atoms with Crippen LogP contribution in [0.5, 0.6) is 0 Å². The van der Waals surface area contributed by atoms with Gasteiger partial charge in [0.25, 0.3) is 11.8 Å². The molecule has 3 aromatic rings. The van der Waals surface area contributed by atoms with E-state index in [1.54, 1.807) is 6.21 Å². The van der Waals surface area contributed by atoms with E-state index >= 15 is 0 Å². The molecule has 1 aliphatic rings. The van der Waals surface area contributed by atoms with Crippen molar-refractivity contribution in [2.24, 2.45) is 5.10 Å². The van der Waals surface area contributed by atoms with Crippen LogP contribution in [-0.2, 0) is 19.4 Å². The quantitative estimate of drug-likeness (QED) is 0.220. The Kier molecular flexibility index (Phi) is 10.6. The number of nitrogens with one attached hydrogen (secondary N) is 2. The van der Waals surface area contributed by atoms with Gasteiger partial charge in [-0.15, -0.1) is 11.3 Å². The Hall–Kier alpha value is -3.33. The van der Waals surface area contributed by atoms with Crippen molar-refractivity contribution in [2.45, 2.75) is 53.0 Å². The van der Waals surface area contributed by atoms with Crippen molar-refractivity contribution in [2.75, 3.05) is 38.5 Å². The van der Waals surface area contributed by atoms with Gasteiger partial charge in [0, 0.05) is 30.1 Å². The molecule has 0 unspecified atom stereocenters. The molecule has 0 aliphatic heterocycles. The highest BCUT2D eigenvalue weighted by Crippen LogP contribution is 2.38. The third-order valence-corrected chi connectivity index (χ3v) is 8.62. The first-order valence-corrected chi connectivity index (χ1v) is 15.0. The molecule has 1 aromatic heterocycles. The summed E-state index contributed by atoms with van der Waals surface area (Å²) in [4.78, 5) is 32.5. The smallest absolute Gasteiger partial charge is 0.274 e. The zero-order valence-electron chi connectivity index (χ0n) is 24.1. The molecule has 0 spiro atoms. The summed E-state index contributed by atoms with van der Waals surface area (Å²) in [6, 6.07) is 15.7. The van der Waals surface area contributed by atoms with Crippen LogP contribution in [0, 0.1) is 6.92 Å². The van der Waals surface area contributed by atoms with Gasteiger partial charge in [-0.1, -0.05) is 55.8 Å². The minimum Gasteiger partial charge on any atom is -0.313 e. The number of nitrogens with zero attached hydrogens (tertiary/aromatic N) is 3. The Bertz CT molecular complexity index is 1330. The largest absolute Gasteiger partial charge is 0.313 e. The van der Waals surface area contributed by atoms with Gasteiger partial charge in [0.15, 0.2) is 0 Å². The van der Waals surface area contributed by atoms with Crippen molar-refractivity contribution in [1.82, 2.24) is 15.2 Å². The highest BCUT2D eigenvalue weighted by Gasteiger charge is 2.26. The monoisotopic (exact) mass is 559 g/mol. The molecule has 1 aliphatic carbocycles. The number of likely N-dealkylation sites (N-methyl/N-ethyl adjacent to an activating group) is 2. The summed E-state index contributed by atoms with van der Waals surface area (Å²) in [6.45, 7) is 11.2. The molecule has 0 saturated carbocycles. The van der Waals surface area contributed by atoms with Crippen LogP contribution in [0.25, 0.3) is 0 Å². The van der Waals surface area contributed by atoms with E-state index in [0.717, 1.165) is 75.1 Å². The Labute approximate surface area is 242 Å². The van der Waals surface area contributed by atoms with Crippen LogP contribution < -0.4 is 10.7 Å². The summed E-state index contributed by atoms with van der Waals surface area (Å²) in [7, 11) is 2.11. The number of carbonyl (C=O) groups excluding carboxylic acids is 2. The summed E-state index contributed by atoms with van der Waals surface area (Å²) in [5.41, 5.74) is 8.02. The molecule has 0 saturated heterocycles. The first-order chi connectivity index (χ1) is 19.4. The molecule has 212 valence electrons. The molecule has 0 bridgehead atoms. The zero-order chi connectivity index (χ0) is 28.5. The zero-order valence-corrected chi connectivity index (χ0v) is 24.9. The fraction of sp³-hybridized carbons (Fsp3) is 0.406. The van der Waals surface area contributed by atoms with Crippen molar-refractivity contribution < 1.29 is 9.59 Å². The number of aryl methyl sites for hydroxylation is 2. The molecule has 2 N–H and O–H groups in total. The molecule has 4 rings (SSSR count). The molecular weight excluding hydrogens is 518 g/mol. The van der Waals surface area contributed by atoms with Gasteiger partial charge in [0.05, 0.1) is 11.8 Å². The lowest BCUT2D eigenvalue weighted by molar-refractivity contribution is 0.0955. The van der Waals surface area contributed by atoms with Crippen molar-refractivity contribution in [1.29, 1.82) is 0 Å². The topological polar surface area (TPSA) is 77.0 Å². The van der Waals surface area contributed by atoms with Gasteiger partial charge < -0.3 is 15.1 Å². The van der Waals surface area contributed by atoms with Gasteiger partial charge in [-0.2, -0.15) is 5.10 Å². The lowest BCUT2D eigenvalue weighted by atomic mass is 9.95. The van der Waals surface area contributed by atoms with E-state index in [9.17, 15) is 9.59 Å². The number of thiophene rings is 1. The second-order valence-electron chi connectivity index (χ2n) is 10.4. The lowest BCUT2D eigenvalue weighted by Crippen LogP contribution is -2.32. The number of anilines is 1. The number of hydrogen-bond donors (Lipinski definition) is 2. The average Bonchev–Trinajstić information content (AvgIpc) is 3.32. The maximum absolute atomic E-state index is 13.4. The van der Waals surface area contributed by atoms with Crippen LogP contribution in [0.3, 0.4) is 0 Å². The number of carbonyl (C=O) groups is 2. The highest BCUT2D eigenvalue weighted by atomic mass is 32.1. The van der Waals surface area contributed by atoms with E-state index in [4.69, 9.17) is 0 Å². The Morgan fingerprint density at radius 2 is 1.75 bits per heavy atom. The number of hydrazone groups is 1. The normalized spacial score (nSPS) is 13.2. The van der Waals surface area contributed by atoms with Crippen molar-refractivity contribution in [3.05, 3.63) is 86.8 Å². The van der Waals surface area contributed by atoms with Crippen LogP contribution in [0.15, 0.2) is 53.6 Å². The van der Waals surface area contributed by atoms with Gasteiger partial charge in [-0.25, -0.2) is 5.43 Å². The second kappa shape index (κ2) is 14.3. The number of rotatable bonds is 12. The first-order valence-electron chi connectivity index (χ1n) is 14.2. The SMILES string of the molecule is CCN(CC)CCN(C)Cc1cccc(C(=O)Nc2sc3c(c2C(=O)NN=Cc2ccc(C)cc2)CCCC3)c1. The fourth-order valence-corrected chi connectivity index (χ4v) is 6.28. The Balaban J connectivity index is 1.46. The number of fused-ring (bicyclic) bond motifs is 1. The van der Waals surface area contributed by atoms with E-state index in [1.807, 2.05) is 49.4 Å². The van der Waals surface area contributed by atoms with Crippen molar-refractivity contribution in [3.8, 4) is 0 Å². The Morgan fingerprint density at radius 1 is 1.00 bits per heavy atom. The average molecular weight is 560 g/mol. The molecule has 8 heteroatoms. The van der Waals surface area contributed by atoms with E-state index in [0.29, 0.717) is 16.1 Å². The van der Waals surface area contributed by atoms with E-state index in [1.165, 1.54) is 21.8 Å². The lowest BCUT2D eigenvalue weighted by Gasteiger charge is -2.23. The Morgan fingerprint density at radius 3 is 2.50 bits per heavy atom. The predicted octanol–water partition coefficient (Wildman–Crippen LogP) is 5.73. The second-order valence-corrected chi connectivity index (χ2v) is 11.5. The minimum absolute atomic E-state index is 0.205. The maximum Gasteiger partial charge on any atom is 0.274 e. The van der Waals surface area contributed by atoms with Gasteiger partial charge in [0.1, 0.15) is 5.00 Å². The van der Waals surface area contributed by atoms with E-state index < -0.39 is 0 Å². The summed E-state index contributed by atoms with van der Waals surface area (Å²) < 4.78 is 0. The van der Waals surface area contributed by atoms with Gasteiger partial charge in [-0.3, -0.25) is 9.59 Å². The van der Waals surface area contributed by atoms with Gasteiger partial charge >= 0.3 is 0 Å². The first kappa shape index (κ1) is 29.6. The summed E-state index contributed by atoms with van der Waals surface area (Å²) >= 11 is 1.52. The minimum atomic E-state index is -0.290. The van der Waals surface area contributed by atoms with E-state index in [2.05, 4.69) is 52.6 Å². The van der Waals surface area contributed by atoms with Gasteiger partial charge in [0.2, 0.25) is 0 Å². The van der Waals surface area contributed by atoms with Crippen LogP contribution in [0.4, 0.5) is 5.00 Å². The number of amides is 2. The fourth-order valence-electron chi connectivity index (χ4n) is 5.00. The van der Waals surface area contributed by atoms with Crippen LogP contribution in [0.2, 0.25) is 0 Å². The number of hydrogen-bond acceptors (Lipinski definition) is 6. The molecule has 0 atom stereocenters. The summed E-state index contributed by atoms with van der Waals surface area (Å²) in [6.07, 6.45) is 5.53. The van der Waals surface area contributed by atoms with Gasteiger partial charge in [-0.05, 0) is 81.6 Å². The molecular formula is C32H41N5O2S. The van der Waals surface area contributed by atoms with Crippen LogP contribution in [-0.4, -0.2) is 61.1 Å². The molecule has 2 aromatic carbocycles. The molecule has 40 heavy (non-hydrogen) atoms. The standard InChI is InChI=1S/C32H41N5O2S/c1-5-37(6-2)19-18-36(4)22-25-10-9-11-26(20-25)30(38)34-32-29(27-12-7-8-13-28(27)40-32)31(39)35-33-21-24-16-14-23(3)15-17-24/h9-11,14-17,20-21H,5-8,12-13,18-19,22H2,1-4H3,(H,34,38)(H,35,39). The highest BCUT2D eigenvalue weighted by molar-refractivity contribution is 7.17. The third-order valence-electron chi connectivity index (χ3n) is 7.42. The third kappa shape index (κ3) is 7.87. The summed E-state index contributed by atoms with van der Waals surface area (Å²) in [5, 5.41) is 7.85. The molecule has 2 amide bonds. The number of benzene rings is 2. The van der Waals surface area contributed by atoms with Crippen molar-refractivity contribution >= 4 is 34.4 Å². The van der Waals surface area contributed by atoms with E-state index in [-0.39, 0.29) is 11.8 Å². The molecule has 0 fully saturated rings. The van der Waals surface area contributed by atoms with Crippen molar-refractivity contribution in [3.63, 3.8) is 0 Å².